The Bertz CT molecular complexity index is 775. The second kappa shape index (κ2) is 6.39. The van der Waals surface area contributed by atoms with Gasteiger partial charge in [0, 0.05) is 25.6 Å². The number of sulfone groups is 1. The predicted octanol–water partition coefficient (Wildman–Crippen LogP) is 1.45. The third kappa shape index (κ3) is 3.21. The molecule has 0 radical (unpaired) electrons. The van der Waals surface area contributed by atoms with Gasteiger partial charge in [-0.25, -0.2) is 8.42 Å². The van der Waals surface area contributed by atoms with Crippen LogP contribution in [0.25, 0.3) is 0 Å². The van der Waals surface area contributed by atoms with E-state index in [2.05, 4.69) is 11.4 Å². The molecular formula is C17H22N2O4S2. The summed E-state index contributed by atoms with van der Waals surface area (Å²) in [5, 5.41) is 4.11. The van der Waals surface area contributed by atoms with Crippen molar-refractivity contribution in [1.82, 2.24) is 9.80 Å². The highest BCUT2D eigenvalue weighted by Gasteiger charge is 2.44. The fourth-order valence-electron chi connectivity index (χ4n) is 4.35. The van der Waals surface area contributed by atoms with Crippen LogP contribution in [-0.4, -0.2) is 60.7 Å². The Morgan fingerprint density at radius 3 is 2.80 bits per heavy atom. The first-order valence-corrected chi connectivity index (χ1v) is 11.5. The number of rotatable bonds is 3. The van der Waals surface area contributed by atoms with E-state index < -0.39 is 9.84 Å². The lowest BCUT2D eigenvalue weighted by molar-refractivity contribution is -0.136. The zero-order chi connectivity index (χ0) is 17.6. The summed E-state index contributed by atoms with van der Waals surface area (Å²) in [4.78, 5) is 29.0. The third-order valence-electron chi connectivity index (χ3n) is 5.62. The van der Waals surface area contributed by atoms with Crippen LogP contribution in [0.1, 0.15) is 37.3 Å². The average molecular weight is 383 g/mol. The van der Waals surface area contributed by atoms with Crippen LogP contribution in [0, 0.1) is 5.92 Å². The minimum Gasteiger partial charge on any atom is -0.338 e. The fourth-order valence-corrected chi connectivity index (χ4v) is 6.79. The summed E-state index contributed by atoms with van der Waals surface area (Å²) in [5.74, 6) is -0.181. The molecule has 0 saturated carbocycles. The van der Waals surface area contributed by atoms with Crippen LogP contribution in [0.15, 0.2) is 16.8 Å². The lowest BCUT2D eigenvalue weighted by Crippen LogP contribution is -2.40. The van der Waals surface area contributed by atoms with Gasteiger partial charge in [-0.3, -0.25) is 9.59 Å². The van der Waals surface area contributed by atoms with Crippen LogP contribution in [-0.2, 0) is 19.4 Å². The van der Waals surface area contributed by atoms with Gasteiger partial charge >= 0.3 is 0 Å². The number of nitrogens with zero attached hydrogens (tertiary/aromatic N) is 2. The molecule has 3 aliphatic heterocycles. The third-order valence-corrected chi connectivity index (χ3v) is 8.07. The van der Waals surface area contributed by atoms with Crippen LogP contribution in [0.4, 0.5) is 0 Å². The number of amides is 2. The fraction of sp³-hybridized carbons (Fsp3) is 0.647. The minimum atomic E-state index is -3.04. The number of likely N-dealkylation sites (tertiary alicyclic amines) is 2. The second-order valence-corrected chi connectivity index (χ2v) is 10.3. The molecule has 0 bridgehead atoms. The van der Waals surface area contributed by atoms with Crippen molar-refractivity contribution in [2.75, 3.05) is 24.6 Å². The first-order valence-electron chi connectivity index (χ1n) is 8.77. The topological polar surface area (TPSA) is 74.8 Å². The molecule has 4 rings (SSSR count). The van der Waals surface area contributed by atoms with Gasteiger partial charge in [0.25, 0.3) is 0 Å². The summed E-state index contributed by atoms with van der Waals surface area (Å²) in [7, 11) is -3.04. The highest BCUT2D eigenvalue weighted by Crippen LogP contribution is 2.36. The van der Waals surface area contributed by atoms with Crippen LogP contribution < -0.4 is 0 Å². The lowest BCUT2D eigenvalue weighted by atomic mass is 10.0. The van der Waals surface area contributed by atoms with Gasteiger partial charge in [0.05, 0.1) is 23.5 Å². The van der Waals surface area contributed by atoms with E-state index in [1.54, 1.807) is 16.2 Å². The number of carbonyl (C=O) groups excluding carboxylic acids is 2. The van der Waals surface area contributed by atoms with E-state index >= 15 is 0 Å². The van der Waals surface area contributed by atoms with E-state index in [-0.39, 0.29) is 47.7 Å². The summed E-state index contributed by atoms with van der Waals surface area (Å²) in [6.07, 6.45) is 2.66. The summed E-state index contributed by atoms with van der Waals surface area (Å²) in [6.45, 7) is 1.10. The molecule has 0 spiro atoms. The Hall–Kier alpha value is -1.41. The molecule has 2 amide bonds. The molecule has 0 aliphatic carbocycles. The molecule has 0 unspecified atom stereocenters. The van der Waals surface area contributed by atoms with Crippen molar-refractivity contribution in [3.63, 3.8) is 0 Å². The SMILES string of the molecule is O=C1C[C@H](C(=O)N2CCC[C@@H]2c2ccsc2)CN1[C@@H]1CCS(=O)(=O)C1. The van der Waals surface area contributed by atoms with E-state index in [4.69, 9.17) is 0 Å². The van der Waals surface area contributed by atoms with E-state index in [0.717, 1.165) is 19.4 Å². The molecule has 8 heteroatoms. The van der Waals surface area contributed by atoms with Crippen molar-refractivity contribution in [2.45, 2.75) is 37.8 Å². The first kappa shape index (κ1) is 17.0. The molecule has 3 saturated heterocycles. The van der Waals surface area contributed by atoms with Crippen LogP contribution >= 0.6 is 11.3 Å². The molecule has 0 aromatic carbocycles. The van der Waals surface area contributed by atoms with E-state index in [1.165, 1.54) is 5.56 Å². The Labute approximate surface area is 151 Å². The van der Waals surface area contributed by atoms with Crippen LogP contribution in [0.5, 0.6) is 0 Å². The van der Waals surface area contributed by atoms with Crippen LogP contribution in [0.3, 0.4) is 0 Å². The Morgan fingerprint density at radius 1 is 1.28 bits per heavy atom. The van der Waals surface area contributed by atoms with Gasteiger partial charge in [0.15, 0.2) is 9.84 Å². The highest BCUT2D eigenvalue weighted by molar-refractivity contribution is 7.91. The monoisotopic (exact) mass is 382 g/mol. The number of carbonyl (C=O) groups is 2. The smallest absolute Gasteiger partial charge is 0.228 e. The van der Waals surface area contributed by atoms with Crippen molar-refractivity contribution < 1.29 is 18.0 Å². The summed E-state index contributed by atoms with van der Waals surface area (Å²) in [5.41, 5.74) is 1.18. The molecule has 1 aromatic heterocycles. The Balaban J connectivity index is 1.46. The molecule has 136 valence electrons. The molecular weight excluding hydrogens is 360 g/mol. The largest absolute Gasteiger partial charge is 0.338 e. The normalized spacial score (nSPS) is 31.8. The zero-order valence-electron chi connectivity index (χ0n) is 14.0. The van der Waals surface area contributed by atoms with Gasteiger partial charge in [-0.05, 0) is 41.7 Å². The number of hydrogen-bond donors (Lipinski definition) is 0. The Kier molecular flexibility index (Phi) is 4.35. The molecule has 1 aromatic rings. The number of hydrogen-bond acceptors (Lipinski definition) is 5. The zero-order valence-corrected chi connectivity index (χ0v) is 15.6. The van der Waals surface area contributed by atoms with Crippen molar-refractivity contribution in [3.8, 4) is 0 Å². The molecule has 3 aliphatic rings. The standard InChI is InChI=1S/C17H22N2O4S2/c20-16-8-13(9-19(16)14-4-7-25(22,23)11-14)17(21)18-5-1-2-15(18)12-3-6-24-10-12/h3,6,10,13-15H,1-2,4-5,7-9,11H2/t13-,14+,15+/m0/s1. The minimum absolute atomic E-state index is 0.0426. The highest BCUT2D eigenvalue weighted by atomic mass is 32.2. The van der Waals surface area contributed by atoms with Gasteiger partial charge in [-0.1, -0.05) is 0 Å². The van der Waals surface area contributed by atoms with Gasteiger partial charge in [0.2, 0.25) is 11.8 Å². The van der Waals surface area contributed by atoms with Crippen molar-refractivity contribution in [3.05, 3.63) is 22.4 Å². The quantitative estimate of drug-likeness (QED) is 0.793. The van der Waals surface area contributed by atoms with Gasteiger partial charge in [-0.15, -0.1) is 0 Å². The van der Waals surface area contributed by atoms with E-state index in [0.29, 0.717) is 13.0 Å². The Morgan fingerprint density at radius 2 is 2.12 bits per heavy atom. The summed E-state index contributed by atoms with van der Waals surface area (Å²) < 4.78 is 23.4. The van der Waals surface area contributed by atoms with Gasteiger partial charge in [0.1, 0.15) is 0 Å². The summed E-state index contributed by atoms with van der Waals surface area (Å²) in [6, 6.07) is 1.94. The van der Waals surface area contributed by atoms with Crippen LogP contribution in [0.2, 0.25) is 0 Å². The molecule has 4 heterocycles. The molecule has 3 atom stereocenters. The van der Waals surface area contributed by atoms with Gasteiger partial charge in [-0.2, -0.15) is 11.3 Å². The van der Waals surface area contributed by atoms with Crippen molar-refractivity contribution >= 4 is 33.0 Å². The maximum absolute atomic E-state index is 13.0. The first-order chi connectivity index (χ1) is 11.9. The van der Waals surface area contributed by atoms with Crippen molar-refractivity contribution in [2.24, 2.45) is 5.92 Å². The second-order valence-electron chi connectivity index (χ2n) is 7.25. The average Bonchev–Trinajstić information content (AvgIpc) is 3.31. The van der Waals surface area contributed by atoms with E-state index in [1.807, 2.05) is 10.3 Å². The molecule has 6 nitrogen and oxygen atoms in total. The van der Waals surface area contributed by atoms with Crippen molar-refractivity contribution in [1.29, 1.82) is 0 Å². The maximum Gasteiger partial charge on any atom is 0.228 e. The maximum atomic E-state index is 13.0. The molecule has 0 N–H and O–H groups in total. The predicted molar refractivity (Wildman–Crippen MR) is 94.9 cm³/mol. The molecule has 3 fully saturated rings. The lowest BCUT2D eigenvalue weighted by Gasteiger charge is -2.28. The summed E-state index contributed by atoms with van der Waals surface area (Å²) >= 11 is 1.63. The van der Waals surface area contributed by atoms with Gasteiger partial charge < -0.3 is 9.80 Å². The number of thiophene rings is 1. The molecule has 25 heavy (non-hydrogen) atoms. The van der Waals surface area contributed by atoms with E-state index in [9.17, 15) is 18.0 Å².